The van der Waals surface area contributed by atoms with Crippen LogP contribution < -0.4 is 11.2 Å². The molecule has 0 bridgehead atoms. The largest absolute Gasteiger partial charge is 0.396 e. The first-order chi connectivity index (χ1) is 7.58. The molecule has 0 fully saturated rings. The second-order valence-corrected chi connectivity index (χ2v) is 4.67. The van der Waals surface area contributed by atoms with Gasteiger partial charge in [0.1, 0.15) is 0 Å². The van der Waals surface area contributed by atoms with E-state index in [0.29, 0.717) is 5.69 Å². The summed E-state index contributed by atoms with van der Waals surface area (Å²) in [4.78, 5) is 4.29. The van der Waals surface area contributed by atoms with Gasteiger partial charge in [0.05, 0.1) is 23.1 Å². The molecule has 1 aromatic carbocycles. The molecule has 0 amide bonds. The Morgan fingerprint density at radius 1 is 1.38 bits per heavy atom. The number of nitrogens with zero attached hydrogens (tertiary/aromatic N) is 2. The number of nitrogen functional groups attached to an aromatic ring is 1. The highest BCUT2D eigenvalue weighted by atomic mass is 79.9. The molecule has 84 valence electrons. The van der Waals surface area contributed by atoms with E-state index in [4.69, 9.17) is 5.73 Å². The summed E-state index contributed by atoms with van der Waals surface area (Å²) in [6.45, 7) is 0. The number of hydrogen-bond donors (Lipinski definition) is 2. The zero-order valence-corrected chi connectivity index (χ0v) is 10.7. The molecule has 0 unspecified atom stereocenters. The number of hydrazine groups is 1. The Kier molecular flexibility index (Phi) is 2.98. The van der Waals surface area contributed by atoms with E-state index < -0.39 is 0 Å². The van der Waals surface area contributed by atoms with Crippen LogP contribution in [0.25, 0.3) is 10.9 Å². The van der Waals surface area contributed by atoms with E-state index in [1.807, 2.05) is 37.3 Å². The standard InChI is InChI=1S/C11H13BrN4/c1-16(2)15-11-8-5-7(12)3-4-10(8)14-6-9(11)13/h3-6H,13H2,1-2H3,(H,14,15). The van der Waals surface area contributed by atoms with Gasteiger partial charge in [-0.3, -0.25) is 4.98 Å². The normalized spacial score (nSPS) is 11.0. The molecule has 1 heterocycles. The van der Waals surface area contributed by atoms with Crippen molar-refractivity contribution in [2.45, 2.75) is 0 Å². The van der Waals surface area contributed by atoms with Gasteiger partial charge >= 0.3 is 0 Å². The van der Waals surface area contributed by atoms with Crippen molar-refractivity contribution >= 4 is 38.2 Å². The van der Waals surface area contributed by atoms with Crippen molar-refractivity contribution in [2.75, 3.05) is 25.3 Å². The van der Waals surface area contributed by atoms with E-state index in [1.54, 1.807) is 6.20 Å². The van der Waals surface area contributed by atoms with Gasteiger partial charge in [-0.2, -0.15) is 0 Å². The van der Waals surface area contributed by atoms with Crippen LogP contribution in [0.4, 0.5) is 11.4 Å². The minimum absolute atomic E-state index is 0.638. The molecule has 0 atom stereocenters. The molecule has 2 aromatic rings. The van der Waals surface area contributed by atoms with Gasteiger partial charge in [0.2, 0.25) is 0 Å². The highest BCUT2D eigenvalue weighted by Gasteiger charge is 2.07. The van der Waals surface area contributed by atoms with Crippen LogP contribution in [-0.4, -0.2) is 24.1 Å². The molecule has 0 radical (unpaired) electrons. The predicted octanol–water partition coefficient (Wildman–Crippen LogP) is 2.47. The third kappa shape index (κ3) is 2.10. The summed E-state index contributed by atoms with van der Waals surface area (Å²) < 4.78 is 1.01. The lowest BCUT2D eigenvalue weighted by atomic mass is 10.2. The van der Waals surface area contributed by atoms with Crippen LogP contribution in [-0.2, 0) is 0 Å². The van der Waals surface area contributed by atoms with E-state index in [2.05, 4.69) is 26.3 Å². The second kappa shape index (κ2) is 4.27. The number of benzene rings is 1. The average molecular weight is 281 g/mol. The van der Waals surface area contributed by atoms with Gasteiger partial charge in [-0.1, -0.05) is 15.9 Å². The first kappa shape index (κ1) is 11.2. The fourth-order valence-electron chi connectivity index (χ4n) is 1.53. The van der Waals surface area contributed by atoms with Gasteiger partial charge in [0.25, 0.3) is 0 Å². The molecule has 0 aliphatic rings. The van der Waals surface area contributed by atoms with Crippen molar-refractivity contribution in [2.24, 2.45) is 0 Å². The predicted molar refractivity (Wildman–Crippen MR) is 71.2 cm³/mol. The maximum atomic E-state index is 5.92. The van der Waals surface area contributed by atoms with Gasteiger partial charge in [-0.15, -0.1) is 0 Å². The van der Waals surface area contributed by atoms with E-state index in [0.717, 1.165) is 21.1 Å². The first-order valence-corrected chi connectivity index (χ1v) is 5.65. The Bertz CT molecular complexity index is 519. The van der Waals surface area contributed by atoms with Crippen molar-refractivity contribution in [3.05, 3.63) is 28.9 Å². The molecule has 0 saturated heterocycles. The van der Waals surface area contributed by atoms with E-state index >= 15 is 0 Å². The summed E-state index contributed by atoms with van der Waals surface area (Å²) in [6.07, 6.45) is 1.67. The van der Waals surface area contributed by atoms with Crippen molar-refractivity contribution < 1.29 is 0 Å². The molecular formula is C11H13BrN4. The third-order valence-electron chi connectivity index (χ3n) is 2.19. The lowest BCUT2D eigenvalue weighted by Gasteiger charge is -2.17. The minimum atomic E-state index is 0.638. The number of nitrogens with two attached hydrogens (primary N) is 1. The number of hydrogen-bond acceptors (Lipinski definition) is 4. The number of fused-ring (bicyclic) bond motifs is 1. The number of pyridine rings is 1. The fraction of sp³-hybridized carbons (Fsp3) is 0.182. The molecule has 0 aliphatic heterocycles. The topological polar surface area (TPSA) is 54.2 Å². The van der Waals surface area contributed by atoms with Gasteiger partial charge in [-0.25, -0.2) is 5.01 Å². The van der Waals surface area contributed by atoms with Crippen LogP contribution >= 0.6 is 15.9 Å². The zero-order valence-electron chi connectivity index (χ0n) is 9.16. The van der Waals surface area contributed by atoms with Crippen molar-refractivity contribution in [3.63, 3.8) is 0 Å². The Labute approximate surface area is 103 Å². The molecule has 1 aromatic heterocycles. The van der Waals surface area contributed by atoms with E-state index in [1.165, 1.54) is 0 Å². The maximum Gasteiger partial charge on any atom is 0.0831 e. The summed E-state index contributed by atoms with van der Waals surface area (Å²) in [5.41, 5.74) is 11.6. The number of nitrogens with one attached hydrogen (secondary N) is 1. The minimum Gasteiger partial charge on any atom is -0.396 e. The zero-order chi connectivity index (χ0) is 11.7. The number of rotatable bonds is 2. The van der Waals surface area contributed by atoms with Crippen LogP contribution in [0.2, 0.25) is 0 Å². The number of anilines is 2. The van der Waals surface area contributed by atoms with E-state index in [-0.39, 0.29) is 0 Å². The first-order valence-electron chi connectivity index (χ1n) is 4.85. The second-order valence-electron chi connectivity index (χ2n) is 3.76. The summed E-state index contributed by atoms with van der Waals surface area (Å²) in [7, 11) is 3.84. The van der Waals surface area contributed by atoms with Crippen LogP contribution in [0, 0.1) is 0 Å². The smallest absolute Gasteiger partial charge is 0.0831 e. The van der Waals surface area contributed by atoms with Crippen molar-refractivity contribution in [1.82, 2.24) is 9.99 Å². The van der Waals surface area contributed by atoms with Crippen LogP contribution in [0.5, 0.6) is 0 Å². The van der Waals surface area contributed by atoms with Gasteiger partial charge in [0.15, 0.2) is 0 Å². The highest BCUT2D eigenvalue weighted by molar-refractivity contribution is 9.10. The summed E-state index contributed by atoms with van der Waals surface area (Å²) in [6, 6.07) is 5.93. The van der Waals surface area contributed by atoms with Crippen LogP contribution in [0.3, 0.4) is 0 Å². The summed E-state index contributed by atoms with van der Waals surface area (Å²) in [5, 5.41) is 2.86. The van der Waals surface area contributed by atoms with E-state index in [9.17, 15) is 0 Å². The molecular weight excluding hydrogens is 268 g/mol. The van der Waals surface area contributed by atoms with Crippen LogP contribution in [0.1, 0.15) is 0 Å². The Morgan fingerprint density at radius 2 is 2.12 bits per heavy atom. The molecule has 0 aliphatic carbocycles. The Balaban J connectivity index is 2.67. The Morgan fingerprint density at radius 3 is 2.81 bits per heavy atom. The Hall–Kier alpha value is -1.33. The van der Waals surface area contributed by atoms with Gasteiger partial charge in [0, 0.05) is 24.0 Å². The molecule has 0 saturated carbocycles. The number of halogens is 1. The van der Waals surface area contributed by atoms with Crippen molar-refractivity contribution in [3.8, 4) is 0 Å². The van der Waals surface area contributed by atoms with Crippen LogP contribution in [0.15, 0.2) is 28.9 Å². The summed E-state index contributed by atoms with van der Waals surface area (Å²) >= 11 is 3.45. The molecule has 2 rings (SSSR count). The molecule has 16 heavy (non-hydrogen) atoms. The van der Waals surface area contributed by atoms with Gasteiger partial charge < -0.3 is 11.2 Å². The lowest BCUT2D eigenvalue weighted by molar-refractivity contribution is 0.496. The molecule has 3 N–H and O–H groups in total. The van der Waals surface area contributed by atoms with Gasteiger partial charge in [-0.05, 0) is 18.2 Å². The molecule has 4 nitrogen and oxygen atoms in total. The lowest BCUT2D eigenvalue weighted by Crippen LogP contribution is -2.20. The fourth-order valence-corrected chi connectivity index (χ4v) is 1.89. The molecule has 5 heteroatoms. The SMILES string of the molecule is CN(C)Nc1c(N)cnc2ccc(Br)cc12. The third-order valence-corrected chi connectivity index (χ3v) is 2.69. The quantitative estimate of drug-likeness (QED) is 0.830. The summed E-state index contributed by atoms with van der Waals surface area (Å²) in [5.74, 6) is 0. The number of aromatic nitrogens is 1. The highest BCUT2D eigenvalue weighted by Crippen LogP contribution is 2.29. The van der Waals surface area contributed by atoms with Crippen molar-refractivity contribution in [1.29, 1.82) is 0 Å². The maximum absolute atomic E-state index is 5.92. The average Bonchev–Trinajstić information content (AvgIpc) is 2.22. The monoisotopic (exact) mass is 280 g/mol. The molecule has 0 spiro atoms.